The first kappa shape index (κ1) is 17.6. The molecule has 1 unspecified atom stereocenters. The van der Waals surface area contributed by atoms with Crippen LogP contribution in [-0.4, -0.2) is 20.4 Å². The van der Waals surface area contributed by atoms with Crippen LogP contribution in [0.3, 0.4) is 0 Å². The summed E-state index contributed by atoms with van der Waals surface area (Å²) >= 11 is 0. The van der Waals surface area contributed by atoms with Crippen molar-refractivity contribution in [2.75, 3.05) is 0 Å². The zero-order valence-corrected chi connectivity index (χ0v) is 14.5. The molecule has 0 aliphatic carbocycles. The fourth-order valence-electron chi connectivity index (χ4n) is 2.54. The van der Waals surface area contributed by atoms with E-state index in [4.69, 9.17) is 4.74 Å². The number of ether oxygens (including phenoxy) is 1. The molecule has 0 spiro atoms. The molecule has 0 bridgehead atoms. The van der Waals surface area contributed by atoms with Crippen LogP contribution in [-0.2, 0) is 11.3 Å². The van der Waals surface area contributed by atoms with Crippen LogP contribution in [0.2, 0.25) is 0 Å². The number of benzene rings is 1. The predicted molar refractivity (Wildman–Crippen MR) is 94.2 cm³/mol. The average molecular weight is 354 g/mol. The maximum atomic E-state index is 13.8. The highest BCUT2D eigenvalue weighted by Gasteiger charge is 2.17. The van der Waals surface area contributed by atoms with E-state index < -0.39 is 11.9 Å². The van der Waals surface area contributed by atoms with Gasteiger partial charge in [0, 0.05) is 30.7 Å². The number of halogens is 1. The van der Waals surface area contributed by atoms with Gasteiger partial charge in [0.2, 0.25) is 11.8 Å². The number of hydrogen-bond donors (Lipinski definition) is 1. The fraction of sp³-hybridized carbons (Fsp3) is 0.211. The third kappa shape index (κ3) is 3.88. The minimum absolute atomic E-state index is 0.0844. The van der Waals surface area contributed by atoms with Gasteiger partial charge < -0.3 is 14.6 Å². The molecule has 1 N–H and O–H groups in total. The second-order valence-corrected chi connectivity index (χ2v) is 5.78. The summed E-state index contributed by atoms with van der Waals surface area (Å²) < 4.78 is 21.1. The van der Waals surface area contributed by atoms with Crippen LogP contribution in [0.5, 0.6) is 11.6 Å². The van der Waals surface area contributed by atoms with Gasteiger partial charge in [-0.05, 0) is 32.0 Å². The molecule has 0 aliphatic rings. The van der Waals surface area contributed by atoms with Gasteiger partial charge in [-0.25, -0.2) is 14.4 Å². The first-order valence-electron chi connectivity index (χ1n) is 8.19. The Kier molecular flexibility index (Phi) is 5.26. The van der Waals surface area contributed by atoms with E-state index in [0.29, 0.717) is 5.56 Å². The number of rotatable bonds is 6. The first-order chi connectivity index (χ1) is 12.6. The Morgan fingerprint density at radius 1 is 1.23 bits per heavy atom. The smallest absolute Gasteiger partial charge is 0.243 e. The summed E-state index contributed by atoms with van der Waals surface area (Å²) in [6.45, 7) is 3.85. The van der Waals surface area contributed by atoms with E-state index in [1.54, 1.807) is 54.3 Å². The Bertz CT molecular complexity index is 910. The molecule has 2 heterocycles. The van der Waals surface area contributed by atoms with E-state index in [0.717, 1.165) is 5.82 Å². The Labute approximate surface area is 150 Å². The molecular formula is C19H19FN4O2. The minimum Gasteiger partial charge on any atom is -0.436 e. The van der Waals surface area contributed by atoms with Crippen molar-refractivity contribution in [3.05, 3.63) is 72.2 Å². The molecule has 6 nitrogen and oxygen atoms in total. The molecule has 0 aliphatic heterocycles. The van der Waals surface area contributed by atoms with E-state index >= 15 is 0 Å². The number of carbonyl (C=O) groups is 1. The fourth-order valence-corrected chi connectivity index (χ4v) is 2.54. The number of nitrogens with one attached hydrogen (secondary N) is 1. The van der Waals surface area contributed by atoms with Gasteiger partial charge in [0.15, 0.2) is 11.6 Å². The van der Waals surface area contributed by atoms with Crippen molar-refractivity contribution in [1.29, 1.82) is 0 Å². The second kappa shape index (κ2) is 7.77. The SMILES string of the molecule is Cc1nccn1C(C)C(=O)NCc1cccnc1Oc1ccccc1F. The maximum absolute atomic E-state index is 13.8. The van der Waals surface area contributed by atoms with Crippen LogP contribution < -0.4 is 10.1 Å². The summed E-state index contributed by atoms with van der Waals surface area (Å²) in [6, 6.07) is 9.21. The van der Waals surface area contributed by atoms with Gasteiger partial charge in [-0.15, -0.1) is 0 Å². The van der Waals surface area contributed by atoms with Crippen LogP contribution in [0.4, 0.5) is 4.39 Å². The lowest BCUT2D eigenvalue weighted by Crippen LogP contribution is -2.31. The molecule has 0 radical (unpaired) electrons. The number of hydrogen-bond acceptors (Lipinski definition) is 4. The number of aromatic nitrogens is 3. The van der Waals surface area contributed by atoms with Crippen LogP contribution in [0, 0.1) is 12.7 Å². The van der Waals surface area contributed by atoms with Crippen LogP contribution >= 0.6 is 0 Å². The number of para-hydroxylation sites is 1. The minimum atomic E-state index is -0.475. The van der Waals surface area contributed by atoms with Gasteiger partial charge in [-0.3, -0.25) is 4.79 Å². The third-order valence-corrected chi connectivity index (χ3v) is 4.01. The molecule has 2 aromatic heterocycles. The molecule has 0 saturated carbocycles. The van der Waals surface area contributed by atoms with Gasteiger partial charge in [-0.2, -0.15) is 0 Å². The Balaban J connectivity index is 1.70. The molecule has 26 heavy (non-hydrogen) atoms. The van der Waals surface area contributed by atoms with Crippen molar-refractivity contribution in [2.45, 2.75) is 26.4 Å². The number of carbonyl (C=O) groups excluding carboxylic acids is 1. The summed E-state index contributed by atoms with van der Waals surface area (Å²) in [6.07, 6.45) is 4.97. The largest absolute Gasteiger partial charge is 0.436 e. The topological polar surface area (TPSA) is 69.0 Å². The lowest BCUT2D eigenvalue weighted by atomic mass is 10.2. The Morgan fingerprint density at radius 2 is 2.04 bits per heavy atom. The lowest BCUT2D eigenvalue weighted by molar-refractivity contribution is -0.124. The molecule has 7 heteroatoms. The van der Waals surface area contributed by atoms with E-state index in [1.807, 2.05) is 6.92 Å². The van der Waals surface area contributed by atoms with Crippen LogP contribution in [0.25, 0.3) is 0 Å². The van der Waals surface area contributed by atoms with Crippen molar-refractivity contribution in [3.8, 4) is 11.6 Å². The molecule has 3 rings (SSSR count). The number of pyridine rings is 1. The summed E-state index contributed by atoms with van der Waals surface area (Å²) in [5, 5.41) is 2.85. The van der Waals surface area contributed by atoms with Gasteiger partial charge in [0.25, 0.3) is 0 Å². The van der Waals surface area contributed by atoms with Crippen molar-refractivity contribution in [2.24, 2.45) is 0 Å². The van der Waals surface area contributed by atoms with Gasteiger partial charge in [0.05, 0.1) is 0 Å². The molecule has 1 amide bonds. The highest BCUT2D eigenvalue weighted by atomic mass is 19.1. The highest BCUT2D eigenvalue weighted by Crippen LogP contribution is 2.25. The molecule has 0 fully saturated rings. The third-order valence-electron chi connectivity index (χ3n) is 4.01. The highest BCUT2D eigenvalue weighted by molar-refractivity contribution is 5.80. The number of nitrogens with zero attached hydrogens (tertiary/aromatic N) is 3. The molecule has 1 atom stereocenters. The second-order valence-electron chi connectivity index (χ2n) is 5.78. The Morgan fingerprint density at radius 3 is 2.77 bits per heavy atom. The molecule has 134 valence electrons. The average Bonchev–Trinajstić information content (AvgIpc) is 3.08. The molecule has 1 aromatic carbocycles. The van der Waals surface area contributed by atoms with Crippen molar-refractivity contribution in [1.82, 2.24) is 19.9 Å². The maximum Gasteiger partial charge on any atom is 0.243 e. The van der Waals surface area contributed by atoms with E-state index in [-0.39, 0.29) is 24.1 Å². The van der Waals surface area contributed by atoms with Gasteiger partial charge in [0.1, 0.15) is 11.9 Å². The first-order valence-corrected chi connectivity index (χ1v) is 8.19. The van der Waals surface area contributed by atoms with E-state index in [1.165, 1.54) is 12.1 Å². The summed E-state index contributed by atoms with van der Waals surface area (Å²) in [5.41, 5.74) is 0.652. The number of amides is 1. The van der Waals surface area contributed by atoms with Crippen LogP contribution in [0.1, 0.15) is 24.4 Å². The van der Waals surface area contributed by atoms with Gasteiger partial charge in [-0.1, -0.05) is 18.2 Å². The van der Waals surface area contributed by atoms with E-state index in [2.05, 4.69) is 15.3 Å². The lowest BCUT2D eigenvalue weighted by Gasteiger charge is -2.16. The predicted octanol–water partition coefficient (Wildman–Crippen LogP) is 3.40. The number of aryl methyl sites for hydroxylation is 1. The zero-order valence-electron chi connectivity index (χ0n) is 14.5. The quantitative estimate of drug-likeness (QED) is 0.737. The summed E-state index contributed by atoms with van der Waals surface area (Å²) in [7, 11) is 0. The summed E-state index contributed by atoms with van der Waals surface area (Å²) in [5.74, 6) is 0.465. The van der Waals surface area contributed by atoms with E-state index in [9.17, 15) is 9.18 Å². The molecule has 0 saturated heterocycles. The van der Waals surface area contributed by atoms with Crippen LogP contribution in [0.15, 0.2) is 55.0 Å². The monoisotopic (exact) mass is 354 g/mol. The zero-order chi connectivity index (χ0) is 18.5. The van der Waals surface area contributed by atoms with Crippen molar-refractivity contribution < 1.29 is 13.9 Å². The Hall–Kier alpha value is -3.22. The summed E-state index contributed by atoms with van der Waals surface area (Å²) in [4.78, 5) is 20.7. The van der Waals surface area contributed by atoms with Crippen molar-refractivity contribution >= 4 is 5.91 Å². The normalized spacial score (nSPS) is 11.8. The van der Waals surface area contributed by atoms with Gasteiger partial charge >= 0.3 is 0 Å². The molecule has 3 aromatic rings. The molecular weight excluding hydrogens is 335 g/mol. The number of imidazole rings is 1. The van der Waals surface area contributed by atoms with Crippen molar-refractivity contribution in [3.63, 3.8) is 0 Å². The standard InChI is InChI=1S/C19H19FN4O2/c1-13(24-11-10-21-14(24)2)18(25)23-12-15-6-5-9-22-19(15)26-17-8-4-3-7-16(17)20/h3-11,13H,12H2,1-2H3,(H,23,25).